The molecule has 0 aliphatic carbocycles. The first kappa shape index (κ1) is 12.3. The van der Waals surface area contributed by atoms with Crippen LogP contribution in [-0.2, 0) is 6.61 Å². The lowest BCUT2D eigenvalue weighted by molar-refractivity contribution is 0.251. The van der Waals surface area contributed by atoms with Gasteiger partial charge in [-0.2, -0.15) is 0 Å². The zero-order chi connectivity index (χ0) is 12.3. The molecule has 94 valence electrons. The van der Waals surface area contributed by atoms with Crippen LogP contribution in [0.15, 0.2) is 12.3 Å². The highest BCUT2D eigenvalue weighted by molar-refractivity contribution is 5.30. The van der Waals surface area contributed by atoms with Crippen LogP contribution in [0, 0.1) is 0 Å². The van der Waals surface area contributed by atoms with E-state index in [0.717, 1.165) is 25.9 Å². The van der Waals surface area contributed by atoms with E-state index < -0.39 is 0 Å². The molecule has 0 unspecified atom stereocenters. The number of aromatic nitrogens is 2. The number of hydrogen-bond acceptors (Lipinski definition) is 5. The minimum atomic E-state index is -0.0310. The molecule has 5 nitrogen and oxygen atoms in total. The average molecular weight is 236 g/mol. The van der Waals surface area contributed by atoms with E-state index in [1.54, 1.807) is 12.3 Å². The summed E-state index contributed by atoms with van der Waals surface area (Å²) in [6.07, 6.45) is 3.98. The summed E-state index contributed by atoms with van der Waals surface area (Å²) in [5.74, 6) is 0.714. The van der Waals surface area contributed by atoms with Gasteiger partial charge in [-0.1, -0.05) is 0 Å². The average Bonchev–Trinajstić information content (AvgIpc) is 2.39. The maximum atomic E-state index is 9.07. The number of anilines is 1. The van der Waals surface area contributed by atoms with Crippen LogP contribution in [0.2, 0.25) is 0 Å². The molecule has 0 aromatic carbocycles. The number of nitrogens with zero attached hydrogens (tertiary/aromatic N) is 4. The summed E-state index contributed by atoms with van der Waals surface area (Å²) >= 11 is 0. The molecule has 0 radical (unpaired) electrons. The molecule has 1 saturated heterocycles. The number of hydrogen-bond donors (Lipinski definition) is 1. The Morgan fingerprint density at radius 1 is 1.47 bits per heavy atom. The van der Waals surface area contributed by atoms with Gasteiger partial charge in [-0.25, -0.2) is 9.97 Å². The zero-order valence-corrected chi connectivity index (χ0v) is 10.5. The quantitative estimate of drug-likeness (QED) is 0.828. The highest BCUT2D eigenvalue weighted by Gasteiger charge is 2.22. The van der Waals surface area contributed by atoms with Crippen LogP contribution >= 0.6 is 0 Å². The van der Waals surface area contributed by atoms with Gasteiger partial charge in [0.05, 0.1) is 12.3 Å². The fourth-order valence-electron chi connectivity index (χ4n) is 2.19. The third kappa shape index (κ3) is 2.92. The van der Waals surface area contributed by atoms with Gasteiger partial charge >= 0.3 is 0 Å². The Morgan fingerprint density at radius 3 is 2.82 bits per heavy atom. The molecule has 2 heterocycles. The van der Waals surface area contributed by atoms with Gasteiger partial charge in [0, 0.05) is 19.3 Å². The highest BCUT2D eigenvalue weighted by atomic mass is 16.3. The molecule has 1 aliphatic rings. The Bertz CT molecular complexity index is 363. The number of aliphatic hydroxyl groups excluding tert-OH is 1. The highest BCUT2D eigenvalue weighted by Crippen LogP contribution is 2.18. The summed E-state index contributed by atoms with van der Waals surface area (Å²) in [4.78, 5) is 13.1. The van der Waals surface area contributed by atoms with Crippen molar-refractivity contribution < 1.29 is 5.11 Å². The van der Waals surface area contributed by atoms with E-state index in [1.165, 1.54) is 0 Å². The van der Waals surface area contributed by atoms with E-state index in [1.807, 2.05) is 7.05 Å². The number of piperidine rings is 1. The monoisotopic (exact) mass is 236 g/mol. The third-order valence-electron chi connectivity index (χ3n) is 3.41. The van der Waals surface area contributed by atoms with Gasteiger partial charge in [0.15, 0.2) is 0 Å². The first-order valence-corrected chi connectivity index (χ1v) is 6.05. The minimum Gasteiger partial charge on any atom is -0.390 e. The molecular formula is C12H20N4O. The maximum absolute atomic E-state index is 9.07. The number of aliphatic hydroxyl groups is 1. The van der Waals surface area contributed by atoms with Crippen molar-refractivity contribution >= 4 is 5.95 Å². The summed E-state index contributed by atoms with van der Waals surface area (Å²) in [6, 6.07) is 2.24. The molecule has 0 bridgehead atoms. The van der Waals surface area contributed by atoms with Crippen LogP contribution in [0.4, 0.5) is 5.95 Å². The summed E-state index contributed by atoms with van der Waals surface area (Å²) in [6.45, 7) is 2.21. The van der Waals surface area contributed by atoms with E-state index in [4.69, 9.17) is 5.11 Å². The topological polar surface area (TPSA) is 52.5 Å². The van der Waals surface area contributed by atoms with Crippen LogP contribution in [0.1, 0.15) is 18.5 Å². The molecule has 1 aromatic heterocycles. The maximum Gasteiger partial charge on any atom is 0.225 e. The van der Waals surface area contributed by atoms with Crippen LogP contribution in [-0.4, -0.2) is 53.2 Å². The van der Waals surface area contributed by atoms with Crippen molar-refractivity contribution in [2.24, 2.45) is 0 Å². The summed E-state index contributed by atoms with van der Waals surface area (Å²) in [5.41, 5.74) is 0.676. The van der Waals surface area contributed by atoms with Crippen molar-refractivity contribution in [2.45, 2.75) is 25.5 Å². The molecule has 17 heavy (non-hydrogen) atoms. The van der Waals surface area contributed by atoms with Crippen LogP contribution < -0.4 is 4.90 Å². The molecule has 0 saturated carbocycles. The van der Waals surface area contributed by atoms with Gasteiger partial charge in [-0.15, -0.1) is 0 Å². The summed E-state index contributed by atoms with van der Waals surface area (Å²) in [7, 11) is 4.19. The lowest BCUT2D eigenvalue weighted by atomic mass is 10.0. The van der Waals surface area contributed by atoms with Crippen molar-refractivity contribution in [3.63, 3.8) is 0 Å². The fraction of sp³-hybridized carbons (Fsp3) is 0.667. The lowest BCUT2D eigenvalue weighted by Gasteiger charge is -2.35. The summed E-state index contributed by atoms with van der Waals surface area (Å²) in [5, 5.41) is 9.07. The molecular weight excluding hydrogens is 216 g/mol. The van der Waals surface area contributed by atoms with Crippen molar-refractivity contribution in [1.82, 2.24) is 14.9 Å². The normalized spacial score (nSPS) is 18.3. The second-order valence-corrected chi connectivity index (χ2v) is 4.65. The summed E-state index contributed by atoms with van der Waals surface area (Å²) < 4.78 is 0. The number of rotatable bonds is 3. The molecule has 2 rings (SSSR count). The molecule has 5 heteroatoms. The Balaban J connectivity index is 2.05. The smallest absolute Gasteiger partial charge is 0.225 e. The SMILES string of the molecule is CN1CCC(N(C)c2nccc(CO)n2)CC1. The van der Waals surface area contributed by atoms with Gasteiger partial charge in [0.2, 0.25) is 5.95 Å². The minimum absolute atomic E-state index is 0.0310. The first-order chi connectivity index (χ1) is 8.20. The van der Waals surface area contributed by atoms with Gasteiger partial charge in [-0.05, 0) is 39.0 Å². The lowest BCUT2D eigenvalue weighted by Crippen LogP contribution is -2.42. The molecule has 0 atom stereocenters. The van der Waals surface area contributed by atoms with Crippen molar-refractivity contribution in [3.8, 4) is 0 Å². The Labute approximate surface area is 102 Å². The molecule has 0 spiro atoms. The van der Waals surface area contributed by atoms with Crippen LogP contribution in [0.5, 0.6) is 0 Å². The van der Waals surface area contributed by atoms with Crippen molar-refractivity contribution in [1.29, 1.82) is 0 Å². The second-order valence-electron chi connectivity index (χ2n) is 4.65. The Morgan fingerprint density at radius 2 is 2.18 bits per heavy atom. The second kappa shape index (κ2) is 5.42. The molecule has 1 N–H and O–H groups in total. The van der Waals surface area contributed by atoms with Gasteiger partial charge < -0.3 is 14.9 Å². The fourth-order valence-corrected chi connectivity index (χ4v) is 2.19. The van der Waals surface area contributed by atoms with E-state index >= 15 is 0 Å². The molecule has 1 fully saturated rings. The Kier molecular flexibility index (Phi) is 3.91. The Hall–Kier alpha value is -1.20. The molecule has 0 amide bonds. The number of likely N-dealkylation sites (tertiary alicyclic amines) is 1. The van der Waals surface area contributed by atoms with E-state index in [9.17, 15) is 0 Å². The van der Waals surface area contributed by atoms with Crippen LogP contribution in [0.25, 0.3) is 0 Å². The first-order valence-electron chi connectivity index (χ1n) is 6.05. The van der Waals surface area contributed by atoms with E-state index in [-0.39, 0.29) is 6.61 Å². The van der Waals surface area contributed by atoms with Crippen molar-refractivity contribution in [2.75, 3.05) is 32.1 Å². The third-order valence-corrected chi connectivity index (χ3v) is 3.41. The van der Waals surface area contributed by atoms with Gasteiger partial charge in [0.1, 0.15) is 0 Å². The van der Waals surface area contributed by atoms with Gasteiger partial charge in [0.25, 0.3) is 0 Å². The standard InChI is InChI=1S/C12H20N4O/c1-15-7-4-11(5-8-15)16(2)12-13-6-3-10(9-17)14-12/h3,6,11,17H,4-5,7-9H2,1-2H3. The molecule has 1 aliphatic heterocycles. The van der Waals surface area contributed by atoms with Crippen LogP contribution in [0.3, 0.4) is 0 Å². The predicted molar refractivity (Wildman–Crippen MR) is 66.9 cm³/mol. The largest absolute Gasteiger partial charge is 0.390 e. The predicted octanol–water partition coefficient (Wildman–Crippen LogP) is 0.499. The van der Waals surface area contributed by atoms with Crippen molar-refractivity contribution in [3.05, 3.63) is 18.0 Å². The zero-order valence-electron chi connectivity index (χ0n) is 10.5. The molecule has 1 aromatic rings. The van der Waals surface area contributed by atoms with E-state index in [2.05, 4.69) is 26.8 Å². The van der Waals surface area contributed by atoms with Gasteiger partial charge in [-0.3, -0.25) is 0 Å². The van der Waals surface area contributed by atoms with E-state index in [0.29, 0.717) is 17.7 Å².